The first-order valence-corrected chi connectivity index (χ1v) is 5.85. The van der Waals surface area contributed by atoms with Crippen molar-refractivity contribution in [3.05, 3.63) is 29.8 Å². The number of anilines is 1. The Kier molecular flexibility index (Phi) is 3.80. The largest absolute Gasteiger partial charge is 0.379 e. The Morgan fingerprint density at radius 2 is 2.12 bits per heavy atom. The summed E-state index contributed by atoms with van der Waals surface area (Å²) in [4.78, 5) is 2.32. The lowest BCUT2D eigenvalue weighted by atomic mass is 10.1. The van der Waals surface area contributed by atoms with Crippen molar-refractivity contribution >= 4 is 5.69 Å². The fraction of sp³-hybridized carbons (Fsp3) is 0.538. The molecule has 3 nitrogen and oxygen atoms in total. The number of ether oxygens (including phenoxy) is 1. The highest BCUT2D eigenvalue weighted by molar-refractivity contribution is 5.48. The molecule has 3 heteroatoms. The van der Waals surface area contributed by atoms with Crippen molar-refractivity contribution in [2.45, 2.75) is 19.0 Å². The third-order valence-corrected chi connectivity index (χ3v) is 3.18. The molecule has 1 atom stereocenters. The smallest absolute Gasteiger partial charge is 0.0670 e. The Morgan fingerprint density at radius 1 is 1.38 bits per heavy atom. The molecule has 2 rings (SSSR count). The van der Waals surface area contributed by atoms with Gasteiger partial charge in [0, 0.05) is 25.9 Å². The molecule has 1 N–H and O–H groups in total. The molecule has 1 unspecified atom stereocenters. The first-order chi connectivity index (χ1) is 7.81. The van der Waals surface area contributed by atoms with Gasteiger partial charge in [0.1, 0.15) is 0 Å². The van der Waals surface area contributed by atoms with E-state index in [0.717, 1.165) is 26.2 Å². The summed E-state index contributed by atoms with van der Waals surface area (Å²) in [7, 11) is 4.11. The summed E-state index contributed by atoms with van der Waals surface area (Å²) in [5.41, 5.74) is 2.60. The molecular formula is C13H20N2O. The maximum absolute atomic E-state index is 5.41. The van der Waals surface area contributed by atoms with Crippen molar-refractivity contribution in [3.8, 4) is 0 Å². The minimum Gasteiger partial charge on any atom is -0.379 e. The summed E-state index contributed by atoms with van der Waals surface area (Å²) in [5.74, 6) is 0. The third-order valence-electron chi connectivity index (χ3n) is 3.18. The van der Waals surface area contributed by atoms with Crippen LogP contribution in [-0.4, -0.2) is 33.4 Å². The maximum Gasteiger partial charge on any atom is 0.0670 e. The van der Waals surface area contributed by atoms with Crippen molar-refractivity contribution in [2.24, 2.45) is 0 Å². The molecule has 0 amide bonds. The molecule has 1 aliphatic heterocycles. The van der Waals surface area contributed by atoms with Gasteiger partial charge in [0.2, 0.25) is 0 Å². The van der Waals surface area contributed by atoms with Crippen LogP contribution in [0, 0.1) is 0 Å². The fourth-order valence-corrected chi connectivity index (χ4v) is 2.09. The second kappa shape index (κ2) is 5.32. The van der Waals surface area contributed by atoms with Crippen LogP contribution in [0.25, 0.3) is 0 Å². The quantitative estimate of drug-likeness (QED) is 0.834. The number of benzene rings is 1. The van der Waals surface area contributed by atoms with Crippen LogP contribution in [0.5, 0.6) is 0 Å². The zero-order valence-corrected chi connectivity index (χ0v) is 10.1. The van der Waals surface area contributed by atoms with E-state index in [4.69, 9.17) is 4.74 Å². The van der Waals surface area contributed by atoms with Gasteiger partial charge in [-0.1, -0.05) is 12.1 Å². The van der Waals surface area contributed by atoms with E-state index in [2.05, 4.69) is 41.5 Å². The number of hydrogen-bond donors (Lipinski definition) is 1. The van der Waals surface area contributed by atoms with Gasteiger partial charge < -0.3 is 15.0 Å². The minimum atomic E-state index is 0.537. The monoisotopic (exact) mass is 220 g/mol. The fourth-order valence-electron chi connectivity index (χ4n) is 2.09. The highest BCUT2D eigenvalue weighted by Gasteiger charge is 2.20. The summed E-state index contributed by atoms with van der Waals surface area (Å²) in [6, 6.07) is 9.27. The second-order valence-corrected chi connectivity index (χ2v) is 4.33. The molecule has 1 saturated heterocycles. The Morgan fingerprint density at radius 3 is 2.69 bits per heavy atom. The lowest BCUT2D eigenvalue weighted by molar-refractivity contribution is 0.193. The Balaban J connectivity index is 2.02. The average molecular weight is 220 g/mol. The number of nitrogens with one attached hydrogen (secondary N) is 1. The van der Waals surface area contributed by atoms with E-state index in [1.165, 1.54) is 11.3 Å². The SMILES string of the molecule is CNCc1ccc(N(C)C2CCOC2)cc1. The van der Waals surface area contributed by atoms with E-state index >= 15 is 0 Å². The molecule has 88 valence electrons. The predicted octanol–water partition coefficient (Wildman–Crippen LogP) is 1.63. The van der Waals surface area contributed by atoms with E-state index in [0.29, 0.717) is 6.04 Å². The van der Waals surface area contributed by atoms with E-state index in [-0.39, 0.29) is 0 Å². The molecular weight excluding hydrogens is 200 g/mol. The van der Waals surface area contributed by atoms with Crippen LogP contribution < -0.4 is 10.2 Å². The molecule has 1 aromatic carbocycles. The molecule has 1 aliphatic rings. The van der Waals surface area contributed by atoms with Crippen LogP contribution in [0.4, 0.5) is 5.69 Å². The summed E-state index contributed by atoms with van der Waals surface area (Å²) in [5, 5.41) is 3.15. The minimum absolute atomic E-state index is 0.537. The molecule has 16 heavy (non-hydrogen) atoms. The number of rotatable bonds is 4. The second-order valence-electron chi connectivity index (χ2n) is 4.33. The van der Waals surface area contributed by atoms with Crippen molar-refractivity contribution in [1.82, 2.24) is 5.32 Å². The molecule has 1 fully saturated rings. The number of nitrogens with zero attached hydrogens (tertiary/aromatic N) is 1. The van der Waals surface area contributed by atoms with Gasteiger partial charge in [-0.15, -0.1) is 0 Å². The highest BCUT2D eigenvalue weighted by Crippen LogP contribution is 2.20. The van der Waals surface area contributed by atoms with Crippen LogP contribution in [-0.2, 0) is 11.3 Å². The normalized spacial score (nSPS) is 20.0. The number of likely N-dealkylation sites (N-methyl/N-ethyl adjacent to an activating group) is 1. The summed E-state index contributed by atoms with van der Waals surface area (Å²) >= 11 is 0. The maximum atomic E-state index is 5.41. The topological polar surface area (TPSA) is 24.5 Å². The van der Waals surface area contributed by atoms with Crippen molar-refractivity contribution < 1.29 is 4.74 Å². The van der Waals surface area contributed by atoms with Crippen molar-refractivity contribution in [2.75, 3.05) is 32.2 Å². The van der Waals surface area contributed by atoms with Crippen molar-refractivity contribution in [1.29, 1.82) is 0 Å². The van der Waals surface area contributed by atoms with Gasteiger partial charge >= 0.3 is 0 Å². The Bertz CT molecular complexity index is 317. The molecule has 0 spiro atoms. The van der Waals surface area contributed by atoms with Gasteiger partial charge in [0.05, 0.1) is 12.6 Å². The lowest BCUT2D eigenvalue weighted by Crippen LogP contribution is -2.31. The van der Waals surface area contributed by atoms with Gasteiger partial charge in [-0.25, -0.2) is 0 Å². The zero-order chi connectivity index (χ0) is 11.4. The van der Waals surface area contributed by atoms with Crippen LogP contribution in [0.3, 0.4) is 0 Å². The van der Waals surface area contributed by atoms with Crippen molar-refractivity contribution in [3.63, 3.8) is 0 Å². The first-order valence-electron chi connectivity index (χ1n) is 5.85. The molecule has 0 saturated carbocycles. The molecule has 0 aliphatic carbocycles. The van der Waals surface area contributed by atoms with E-state index in [1.54, 1.807) is 0 Å². The average Bonchev–Trinajstić information content (AvgIpc) is 2.83. The Labute approximate surface area is 97.4 Å². The number of hydrogen-bond acceptors (Lipinski definition) is 3. The lowest BCUT2D eigenvalue weighted by Gasteiger charge is -2.25. The van der Waals surface area contributed by atoms with Crippen LogP contribution in [0.15, 0.2) is 24.3 Å². The predicted molar refractivity (Wildman–Crippen MR) is 66.8 cm³/mol. The van der Waals surface area contributed by atoms with Crippen LogP contribution >= 0.6 is 0 Å². The standard InChI is InChI=1S/C13H20N2O/c1-14-9-11-3-5-12(6-4-11)15(2)13-7-8-16-10-13/h3-6,13-14H,7-10H2,1-2H3. The molecule has 0 aromatic heterocycles. The van der Waals surface area contributed by atoms with E-state index in [9.17, 15) is 0 Å². The highest BCUT2D eigenvalue weighted by atomic mass is 16.5. The van der Waals surface area contributed by atoms with Crippen LogP contribution in [0.1, 0.15) is 12.0 Å². The molecule has 0 radical (unpaired) electrons. The third kappa shape index (κ3) is 2.54. The zero-order valence-electron chi connectivity index (χ0n) is 10.1. The summed E-state index contributed by atoms with van der Waals surface area (Å²) in [6.07, 6.45) is 1.13. The van der Waals surface area contributed by atoms with Gasteiger partial charge in [-0.2, -0.15) is 0 Å². The summed E-state index contributed by atoms with van der Waals surface area (Å²) in [6.45, 7) is 2.68. The van der Waals surface area contributed by atoms with E-state index in [1.807, 2.05) is 7.05 Å². The molecule has 0 bridgehead atoms. The molecule has 1 heterocycles. The van der Waals surface area contributed by atoms with E-state index < -0.39 is 0 Å². The molecule has 1 aromatic rings. The van der Waals surface area contributed by atoms with Gasteiger partial charge in [0.25, 0.3) is 0 Å². The van der Waals surface area contributed by atoms with Crippen LogP contribution in [0.2, 0.25) is 0 Å². The van der Waals surface area contributed by atoms with Gasteiger partial charge in [-0.3, -0.25) is 0 Å². The summed E-state index contributed by atoms with van der Waals surface area (Å²) < 4.78 is 5.41. The van der Waals surface area contributed by atoms with Gasteiger partial charge in [-0.05, 0) is 31.2 Å². The van der Waals surface area contributed by atoms with Gasteiger partial charge in [0.15, 0.2) is 0 Å². The Hall–Kier alpha value is -1.06. The first kappa shape index (κ1) is 11.4.